The Balaban J connectivity index is 2.30. The molecule has 2 rings (SSSR count). The van der Waals surface area contributed by atoms with Gasteiger partial charge in [-0.25, -0.2) is 0 Å². The zero-order chi connectivity index (χ0) is 13.0. The number of ether oxygens (including phenoxy) is 3. The van der Waals surface area contributed by atoms with Crippen molar-refractivity contribution in [1.29, 1.82) is 0 Å². The van der Waals surface area contributed by atoms with E-state index in [0.717, 1.165) is 23.7 Å². The molecule has 1 atom stereocenters. The summed E-state index contributed by atoms with van der Waals surface area (Å²) in [6.07, 6.45) is 0. The van der Waals surface area contributed by atoms with Crippen LogP contribution in [-0.4, -0.2) is 46.6 Å². The normalized spacial score (nSPS) is 19.7. The summed E-state index contributed by atoms with van der Waals surface area (Å²) >= 11 is 0. The minimum absolute atomic E-state index is 0.195. The molecule has 1 saturated heterocycles. The fourth-order valence-corrected chi connectivity index (χ4v) is 2.19. The Hall–Kier alpha value is -1.46. The predicted octanol–water partition coefficient (Wildman–Crippen LogP) is 0.868. The second-order valence-electron chi connectivity index (χ2n) is 4.20. The molecule has 0 radical (unpaired) electrons. The first-order chi connectivity index (χ1) is 8.80. The third kappa shape index (κ3) is 2.52. The Morgan fingerprint density at radius 1 is 1.39 bits per heavy atom. The van der Waals surface area contributed by atoms with Crippen LogP contribution in [0.2, 0.25) is 0 Å². The lowest BCUT2D eigenvalue weighted by Gasteiger charge is -2.37. The number of methoxy groups -OCH3 is 2. The first-order valence-corrected chi connectivity index (χ1v) is 6.06. The van der Waals surface area contributed by atoms with Crippen molar-refractivity contribution in [2.45, 2.75) is 6.04 Å². The molecule has 0 spiro atoms. The Bertz CT molecular complexity index is 398. The van der Waals surface area contributed by atoms with Gasteiger partial charge >= 0.3 is 0 Å². The molecule has 1 unspecified atom stereocenters. The third-order valence-electron chi connectivity index (χ3n) is 3.20. The van der Waals surface area contributed by atoms with E-state index in [0.29, 0.717) is 19.8 Å². The Morgan fingerprint density at radius 2 is 2.22 bits per heavy atom. The van der Waals surface area contributed by atoms with Crippen LogP contribution in [0.3, 0.4) is 0 Å². The highest BCUT2D eigenvalue weighted by Gasteiger charge is 2.24. The van der Waals surface area contributed by atoms with Crippen molar-refractivity contribution in [3.63, 3.8) is 0 Å². The average Bonchev–Trinajstić information content (AvgIpc) is 2.46. The third-order valence-corrected chi connectivity index (χ3v) is 3.20. The molecule has 18 heavy (non-hydrogen) atoms. The van der Waals surface area contributed by atoms with E-state index in [2.05, 4.69) is 4.90 Å². The van der Waals surface area contributed by atoms with Crippen LogP contribution in [-0.2, 0) is 4.74 Å². The summed E-state index contributed by atoms with van der Waals surface area (Å²) in [5.74, 6) is 1.59. The molecular weight excluding hydrogens is 232 g/mol. The number of rotatable bonds is 4. The number of benzene rings is 1. The summed E-state index contributed by atoms with van der Waals surface area (Å²) in [4.78, 5) is 2.24. The number of hydrogen-bond donors (Lipinski definition) is 1. The molecule has 0 saturated carbocycles. The predicted molar refractivity (Wildman–Crippen MR) is 70.6 cm³/mol. The maximum atomic E-state index is 5.79. The van der Waals surface area contributed by atoms with E-state index in [4.69, 9.17) is 19.9 Å². The Morgan fingerprint density at radius 3 is 2.89 bits per heavy atom. The van der Waals surface area contributed by atoms with E-state index in [9.17, 15) is 0 Å². The minimum atomic E-state index is 0.195. The molecule has 100 valence electrons. The smallest absolute Gasteiger partial charge is 0.145 e. The number of nitrogens with zero attached hydrogens (tertiary/aromatic N) is 1. The van der Waals surface area contributed by atoms with Crippen LogP contribution in [0.1, 0.15) is 0 Å². The van der Waals surface area contributed by atoms with E-state index < -0.39 is 0 Å². The van der Waals surface area contributed by atoms with Gasteiger partial charge in [-0.2, -0.15) is 0 Å². The molecule has 5 heteroatoms. The van der Waals surface area contributed by atoms with Gasteiger partial charge in [0, 0.05) is 19.2 Å². The lowest BCUT2D eigenvalue weighted by Crippen LogP contribution is -2.49. The van der Waals surface area contributed by atoms with Crippen molar-refractivity contribution < 1.29 is 14.2 Å². The van der Waals surface area contributed by atoms with Crippen molar-refractivity contribution in [2.24, 2.45) is 5.73 Å². The molecule has 0 bridgehead atoms. The molecule has 0 amide bonds. The highest BCUT2D eigenvalue weighted by atomic mass is 16.5. The number of hydrogen-bond acceptors (Lipinski definition) is 5. The standard InChI is InChI=1S/C13H20N2O3/c1-16-11-3-4-12(13(7-11)17-2)15-5-6-18-9-10(15)8-14/h3-4,7,10H,5-6,8-9,14H2,1-2H3. The van der Waals surface area contributed by atoms with Crippen molar-refractivity contribution in [3.8, 4) is 11.5 Å². The molecule has 0 aromatic heterocycles. The monoisotopic (exact) mass is 252 g/mol. The minimum Gasteiger partial charge on any atom is -0.497 e. The van der Waals surface area contributed by atoms with E-state index >= 15 is 0 Å². The highest BCUT2D eigenvalue weighted by molar-refractivity contribution is 5.62. The molecule has 1 heterocycles. The van der Waals surface area contributed by atoms with Crippen LogP contribution in [0, 0.1) is 0 Å². The topological polar surface area (TPSA) is 57.0 Å². The quantitative estimate of drug-likeness (QED) is 0.861. The molecule has 1 fully saturated rings. The van der Waals surface area contributed by atoms with Crippen molar-refractivity contribution >= 4 is 5.69 Å². The fraction of sp³-hybridized carbons (Fsp3) is 0.538. The summed E-state index contributed by atoms with van der Waals surface area (Å²) in [5, 5.41) is 0. The van der Waals surface area contributed by atoms with Crippen molar-refractivity contribution in [3.05, 3.63) is 18.2 Å². The molecule has 1 aromatic rings. The van der Waals surface area contributed by atoms with Crippen LogP contribution in [0.25, 0.3) is 0 Å². The van der Waals surface area contributed by atoms with Gasteiger partial charge in [-0.05, 0) is 12.1 Å². The first-order valence-electron chi connectivity index (χ1n) is 6.06. The van der Waals surface area contributed by atoms with E-state index in [1.165, 1.54) is 0 Å². The molecular formula is C13H20N2O3. The van der Waals surface area contributed by atoms with E-state index in [1.807, 2.05) is 18.2 Å². The summed E-state index contributed by atoms with van der Waals surface area (Å²) in [6, 6.07) is 6.02. The number of morpholine rings is 1. The Labute approximate surface area is 107 Å². The number of nitrogens with two attached hydrogens (primary N) is 1. The van der Waals surface area contributed by atoms with Crippen molar-refractivity contribution in [2.75, 3.05) is 45.4 Å². The highest BCUT2D eigenvalue weighted by Crippen LogP contribution is 2.33. The molecule has 1 aromatic carbocycles. The van der Waals surface area contributed by atoms with Crippen LogP contribution >= 0.6 is 0 Å². The molecule has 1 aliphatic heterocycles. The van der Waals surface area contributed by atoms with Crippen molar-refractivity contribution in [1.82, 2.24) is 0 Å². The van der Waals surface area contributed by atoms with Crippen LogP contribution in [0.4, 0.5) is 5.69 Å². The van der Waals surface area contributed by atoms with Gasteiger partial charge in [0.15, 0.2) is 0 Å². The molecule has 5 nitrogen and oxygen atoms in total. The molecule has 1 aliphatic rings. The second-order valence-corrected chi connectivity index (χ2v) is 4.20. The van der Waals surface area contributed by atoms with Crippen LogP contribution in [0.15, 0.2) is 18.2 Å². The Kier molecular flexibility index (Phi) is 4.28. The maximum Gasteiger partial charge on any atom is 0.145 e. The van der Waals surface area contributed by atoms with E-state index in [1.54, 1.807) is 14.2 Å². The lowest BCUT2D eigenvalue weighted by atomic mass is 10.1. The van der Waals surface area contributed by atoms with Crippen LogP contribution in [0.5, 0.6) is 11.5 Å². The molecule has 2 N–H and O–H groups in total. The van der Waals surface area contributed by atoms with Gasteiger partial charge in [-0.3, -0.25) is 0 Å². The summed E-state index contributed by atoms with van der Waals surface area (Å²) in [6.45, 7) is 2.76. The largest absolute Gasteiger partial charge is 0.497 e. The second kappa shape index (κ2) is 5.93. The maximum absolute atomic E-state index is 5.79. The fourth-order valence-electron chi connectivity index (χ4n) is 2.19. The molecule has 0 aliphatic carbocycles. The zero-order valence-corrected chi connectivity index (χ0v) is 10.9. The summed E-state index contributed by atoms with van der Waals surface area (Å²) < 4.78 is 16.1. The van der Waals surface area contributed by atoms with Gasteiger partial charge in [0.1, 0.15) is 11.5 Å². The van der Waals surface area contributed by atoms with Gasteiger partial charge in [-0.15, -0.1) is 0 Å². The SMILES string of the molecule is COc1ccc(N2CCOCC2CN)c(OC)c1. The summed E-state index contributed by atoms with van der Waals surface area (Å²) in [7, 11) is 3.31. The average molecular weight is 252 g/mol. The van der Waals surface area contributed by atoms with Gasteiger partial charge in [-0.1, -0.05) is 0 Å². The van der Waals surface area contributed by atoms with Crippen LogP contribution < -0.4 is 20.1 Å². The first kappa shape index (κ1) is 13.0. The lowest BCUT2D eigenvalue weighted by molar-refractivity contribution is 0.0960. The van der Waals surface area contributed by atoms with E-state index in [-0.39, 0.29) is 6.04 Å². The van der Waals surface area contributed by atoms with Gasteiger partial charge in [0.25, 0.3) is 0 Å². The van der Waals surface area contributed by atoms with Gasteiger partial charge in [0.2, 0.25) is 0 Å². The van der Waals surface area contributed by atoms with Gasteiger partial charge < -0.3 is 24.8 Å². The van der Waals surface area contributed by atoms with Gasteiger partial charge in [0.05, 0.1) is 39.2 Å². The zero-order valence-electron chi connectivity index (χ0n) is 10.9. The summed E-state index contributed by atoms with van der Waals surface area (Å²) in [5.41, 5.74) is 6.83. The number of anilines is 1.